The molecule has 3 rings (SSSR count). The van der Waals surface area contributed by atoms with Gasteiger partial charge in [-0.15, -0.1) is 0 Å². The van der Waals surface area contributed by atoms with E-state index in [-0.39, 0.29) is 22.0 Å². The smallest absolute Gasteiger partial charge is 0.343 e. The lowest BCUT2D eigenvalue weighted by Crippen LogP contribution is -2.14. The van der Waals surface area contributed by atoms with Crippen molar-refractivity contribution in [2.24, 2.45) is 0 Å². The molecule has 31 heavy (non-hydrogen) atoms. The van der Waals surface area contributed by atoms with Crippen LogP contribution < -0.4 is 10.1 Å². The maximum Gasteiger partial charge on any atom is 0.343 e. The monoisotopic (exact) mass is 450 g/mol. The van der Waals surface area contributed by atoms with Crippen LogP contribution in [0.2, 0.25) is 10.0 Å². The van der Waals surface area contributed by atoms with E-state index in [4.69, 9.17) is 27.9 Å². The molecule has 0 aliphatic heterocycles. The highest BCUT2D eigenvalue weighted by atomic mass is 35.5. The van der Waals surface area contributed by atoms with Crippen molar-refractivity contribution in [1.82, 2.24) is 0 Å². The van der Waals surface area contributed by atoms with Crippen LogP contribution in [0.5, 0.6) is 5.75 Å². The largest absolute Gasteiger partial charge is 0.422 e. The van der Waals surface area contributed by atoms with Crippen LogP contribution in [0.3, 0.4) is 0 Å². The van der Waals surface area contributed by atoms with Crippen LogP contribution in [0, 0.1) is 18.3 Å². The first-order valence-electron chi connectivity index (χ1n) is 9.13. The third-order valence-electron chi connectivity index (χ3n) is 4.25. The summed E-state index contributed by atoms with van der Waals surface area (Å²) in [6.45, 7) is 1.92. The molecule has 1 amide bonds. The summed E-state index contributed by atoms with van der Waals surface area (Å²) in [5.41, 5.74) is 1.88. The van der Waals surface area contributed by atoms with Gasteiger partial charge in [-0.2, -0.15) is 5.26 Å². The Morgan fingerprint density at radius 3 is 2.45 bits per heavy atom. The second-order valence-electron chi connectivity index (χ2n) is 6.54. The van der Waals surface area contributed by atoms with Crippen molar-refractivity contribution in [3.63, 3.8) is 0 Å². The van der Waals surface area contributed by atoms with E-state index in [1.165, 1.54) is 18.2 Å². The molecule has 3 aromatic rings. The van der Waals surface area contributed by atoms with Crippen LogP contribution in [0.15, 0.2) is 72.3 Å². The molecule has 0 atom stereocenters. The minimum Gasteiger partial charge on any atom is -0.422 e. The molecule has 0 fully saturated rings. The number of hydrogen-bond donors (Lipinski definition) is 1. The predicted molar refractivity (Wildman–Crippen MR) is 121 cm³/mol. The molecular formula is C24H16Cl2N2O3. The molecule has 0 heterocycles. The zero-order chi connectivity index (χ0) is 22.4. The van der Waals surface area contributed by atoms with Crippen molar-refractivity contribution in [2.45, 2.75) is 6.92 Å². The summed E-state index contributed by atoms with van der Waals surface area (Å²) in [6.07, 6.45) is 1.34. The molecule has 0 radical (unpaired) electrons. The van der Waals surface area contributed by atoms with Gasteiger partial charge in [0.05, 0.1) is 16.3 Å². The summed E-state index contributed by atoms with van der Waals surface area (Å²) in [7, 11) is 0. The molecule has 0 unspecified atom stereocenters. The minimum atomic E-state index is -0.675. The van der Waals surface area contributed by atoms with Crippen molar-refractivity contribution >= 4 is 46.8 Å². The van der Waals surface area contributed by atoms with Crippen molar-refractivity contribution in [3.05, 3.63) is 99.0 Å². The number of benzene rings is 3. The lowest BCUT2D eigenvalue weighted by atomic mass is 10.1. The van der Waals surface area contributed by atoms with Gasteiger partial charge in [0.2, 0.25) is 0 Å². The van der Waals surface area contributed by atoms with Gasteiger partial charge in [-0.3, -0.25) is 4.79 Å². The van der Waals surface area contributed by atoms with Gasteiger partial charge in [-0.25, -0.2) is 4.79 Å². The van der Waals surface area contributed by atoms with Crippen molar-refractivity contribution < 1.29 is 14.3 Å². The second kappa shape index (κ2) is 9.94. The number of anilines is 1. The molecule has 0 aliphatic carbocycles. The molecule has 5 nitrogen and oxygen atoms in total. The number of nitrogens with zero attached hydrogens (tertiary/aromatic N) is 1. The van der Waals surface area contributed by atoms with E-state index in [2.05, 4.69) is 5.32 Å². The molecule has 0 saturated heterocycles. The van der Waals surface area contributed by atoms with E-state index in [1.54, 1.807) is 42.5 Å². The van der Waals surface area contributed by atoms with Crippen LogP contribution in [-0.4, -0.2) is 11.9 Å². The fraction of sp³-hybridized carbons (Fsp3) is 0.0417. The third kappa shape index (κ3) is 5.73. The summed E-state index contributed by atoms with van der Waals surface area (Å²) >= 11 is 12.0. The van der Waals surface area contributed by atoms with Crippen molar-refractivity contribution in [3.8, 4) is 11.8 Å². The summed E-state index contributed by atoms with van der Waals surface area (Å²) in [5.74, 6) is -1.00. The number of ether oxygens (including phenoxy) is 1. The van der Waals surface area contributed by atoms with Crippen LogP contribution in [0.25, 0.3) is 6.08 Å². The van der Waals surface area contributed by atoms with Crippen molar-refractivity contribution in [2.75, 3.05) is 5.32 Å². The van der Waals surface area contributed by atoms with E-state index >= 15 is 0 Å². The average molecular weight is 451 g/mol. The van der Waals surface area contributed by atoms with Gasteiger partial charge in [-0.05, 0) is 49.4 Å². The van der Waals surface area contributed by atoms with Crippen LogP contribution in [0.1, 0.15) is 21.5 Å². The van der Waals surface area contributed by atoms with Gasteiger partial charge in [0.1, 0.15) is 17.4 Å². The number of para-hydroxylation sites is 1. The van der Waals surface area contributed by atoms with Crippen molar-refractivity contribution in [1.29, 1.82) is 5.26 Å². The van der Waals surface area contributed by atoms with Crippen LogP contribution in [-0.2, 0) is 4.79 Å². The molecule has 0 aromatic heterocycles. The summed E-state index contributed by atoms with van der Waals surface area (Å²) in [5, 5.41) is 12.7. The van der Waals surface area contributed by atoms with E-state index in [9.17, 15) is 14.9 Å². The summed E-state index contributed by atoms with van der Waals surface area (Å²) in [4.78, 5) is 25.1. The Labute approximate surface area is 189 Å². The zero-order valence-electron chi connectivity index (χ0n) is 16.4. The highest BCUT2D eigenvalue weighted by molar-refractivity contribution is 6.36. The number of halogens is 2. The summed E-state index contributed by atoms with van der Waals surface area (Å²) in [6, 6.07) is 20.0. The predicted octanol–water partition coefficient (Wildman–Crippen LogP) is 6.07. The topological polar surface area (TPSA) is 79.2 Å². The van der Waals surface area contributed by atoms with Gasteiger partial charge >= 0.3 is 5.97 Å². The number of carbonyl (C=O) groups is 2. The Kier molecular flexibility index (Phi) is 7.09. The fourth-order valence-corrected chi connectivity index (χ4v) is 2.97. The Balaban J connectivity index is 1.85. The maximum atomic E-state index is 12.6. The highest BCUT2D eigenvalue weighted by Gasteiger charge is 2.15. The number of amides is 1. The Morgan fingerprint density at radius 2 is 1.74 bits per heavy atom. The molecule has 0 aliphatic rings. The van der Waals surface area contributed by atoms with E-state index in [0.717, 1.165) is 5.56 Å². The Hall–Kier alpha value is -3.59. The fourth-order valence-electron chi connectivity index (χ4n) is 2.63. The first-order valence-corrected chi connectivity index (χ1v) is 9.89. The number of nitrogens with one attached hydrogen (secondary N) is 1. The number of hydrogen-bond acceptors (Lipinski definition) is 4. The normalized spacial score (nSPS) is 10.8. The molecule has 154 valence electrons. The van der Waals surface area contributed by atoms with E-state index in [0.29, 0.717) is 16.1 Å². The quantitative estimate of drug-likeness (QED) is 0.221. The molecular weight excluding hydrogens is 435 g/mol. The number of carbonyl (C=O) groups excluding carboxylic acids is 2. The van der Waals surface area contributed by atoms with Gasteiger partial charge in [0.15, 0.2) is 0 Å². The minimum absolute atomic E-state index is 0.199. The lowest BCUT2D eigenvalue weighted by Gasteiger charge is -2.09. The van der Waals surface area contributed by atoms with Crippen LogP contribution >= 0.6 is 23.2 Å². The number of aryl methyl sites for hydroxylation is 1. The molecule has 7 heteroatoms. The molecule has 1 N–H and O–H groups in total. The Bertz CT molecular complexity index is 1210. The van der Waals surface area contributed by atoms with Gasteiger partial charge in [0.25, 0.3) is 5.91 Å². The first kappa shape index (κ1) is 22.1. The molecule has 0 bridgehead atoms. The number of rotatable bonds is 5. The number of nitriles is 1. The SMILES string of the molecule is Cc1ccc(C(=O)Oc2ccccc2/C=C(\C#N)C(=O)Nc2cc(Cl)ccc2Cl)cc1. The van der Waals surface area contributed by atoms with Gasteiger partial charge in [-0.1, -0.05) is 59.1 Å². The molecule has 0 spiro atoms. The third-order valence-corrected chi connectivity index (χ3v) is 4.82. The van der Waals surface area contributed by atoms with E-state index in [1.807, 2.05) is 25.1 Å². The second-order valence-corrected chi connectivity index (χ2v) is 7.39. The zero-order valence-corrected chi connectivity index (χ0v) is 17.9. The first-order chi connectivity index (χ1) is 14.9. The highest BCUT2D eigenvalue weighted by Crippen LogP contribution is 2.27. The number of esters is 1. The lowest BCUT2D eigenvalue weighted by molar-refractivity contribution is -0.112. The van der Waals surface area contributed by atoms with Gasteiger partial charge in [0, 0.05) is 10.6 Å². The maximum absolute atomic E-state index is 12.6. The van der Waals surface area contributed by atoms with Gasteiger partial charge < -0.3 is 10.1 Å². The Morgan fingerprint density at radius 1 is 1.03 bits per heavy atom. The van der Waals surface area contributed by atoms with Crippen LogP contribution in [0.4, 0.5) is 5.69 Å². The summed E-state index contributed by atoms with van der Waals surface area (Å²) < 4.78 is 5.49. The standard InChI is InChI=1S/C24H16Cl2N2O3/c1-15-6-8-16(9-7-15)24(30)31-22-5-3-2-4-17(22)12-18(14-27)23(29)28-21-13-19(25)10-11-20(21)26/h2-13H,1H3,(H,28,29)/b18-12+. The molecule has 3 aromatic carbocycles. The molecule has 0 saturated carbocycles. The average Bonchev–Trinajstić information content (AvgIpc) is 2.76. The van der Waals surface area contributed by atoms with E-state index < -0.39 is 11.9 Å².